The Hall–Kier alpha value is -3.35. The van der Waals surface area contributed by atoms with Crippen molar-refractivity contribution in [2.24, 2.45) is 0 Å². The van der Waals surface area contributed by atoms with Crippen LogP contribution in [0, 0.1) is 5.82 Å². The van der Waals surface area contributed by atoms with Crippen LogP contribution in [-0.2, 0) is 30.7 Å². The number of nitrogens with one attached hydrogen (secondary N) is 1. The molecule has 0 unspecified atom stereocenters. The van der Waals surface area contributed by atoms with E-state index in [1.165, 1.54) is 12.1 Å². The number of rotatable bonds is 5. The van der Waals surface area contributed by atoms with Crippen LogP contribution in [0.15, 0.2) is 48.5 Å². The number of carbonyl (C=O) groups excluding carboxylic acids is 1. The van der Waals surface area contributed by atoms with E-state index in [9.17, 15) is 19.1 Å². The molecule has 0 saturated carbocycles. The van der Waals surface area contributed by atoms with Gasteiger partial charge in [0.05, 0.1) is 0 Å². The van der Waals surface area contributed by atoms with Gasteiger partial charge in [-0.15, -0.1) is 0 Å². The number of nitrogens with zero attached hydrogens (tertiary/aromatic N) is 2. The van der Waals surface area contributed by atoms with Gasteiger partial charge >= 0.3 is 12.0 Å². The van der Waals surface area contributed by atoms with Crippen LogP contribution in [0.25, 0.3) is 10.9 Å². The molecule has 156 valence electrons. The summed E-state index contributed by atoms with van der Waals surface area (Å²) in [6, 6.07) is 14.0. The number of benzene rings is 2. The maximum absolute atomic E-state index is 13.9. The van der Waals surface area contributed by atoms with E-state index in [1.807, 2.05) is 30.3 Å². The topological polar surface area (TPSA) is 74.6 Å². The second-order valence-electron chi connectivity index (χ2n) is 7.72. The van der Waals surface area contributed by atoms with Gasteiger partial charge in [-0.1, -0.05) is 30.3 Å². The quantitative estimate of drug-likeness (QED) is 0.677. The molecule has 0 saturated heterocycles. The highest BCUT2D eigenvalue weighted by atomic mass is 19.1. The Morgan fingerprint density at radius 3 is 2.73 bits per heavy atom. The molecule has 0 spiro atoms. The number of halogens is 1. The number of carboxylic acids is 1. The second-order valence-corrected chi connectivity index (χ2v) is 7.72. The molecule has 1 aliphatic rings. The van der Waals surface area contributed by atoms with Crippen molar-refractivity contribution in [1.82, 2.24) is 14.8 Å². The average molecular weight is 409 g/mol. The smallest absolute Gasteiger partial charge is 0.323 e. The zero-order valence-corrected chi connectivity index (χ0v) is 16.8. The minimum Gasteiger partial charge on any atom is -0.480 e. The third kappa shape index (κ3) is 3.87. The highest BCUT2D eigenvalue weighted by Gasteiger charge is 2.30. The Bertz CT molecular complexity index is 1090. The van der Waals surface area contributed by atoms with Crippen molar-refractivity contribution in [3.8, 4) is 0 Å². The van der Waals surface area contributed by atoms with E-state index in [1.54, 1.807) is 22.6 Å². The molecule has 1 aromatic heterocycles. The Morgan fingerprint density at radius 1 is 1.23 bits per heavy atom. The standard InChI is InChI=1S/C23H24FN3O3/c1-26(23(30)25-13-15-5-3-2-4-6-15)17-8-10-21-19(12-17)18-11-16(24)7-9-20(18)27(21)14-22(28)29/h2-7,9,11,17H,8,10,12-14H2,1H3,(H,25,30)(H,28,29)/t17-/m0/s1. The summed E-state index contributed by atoms with van der Waals surface area (Å²) < 4.78 is 15.7. The molecule has 0 fully saturated rings. The van der Waals surface area contributed by atoms with Crippen LogP contribution in [0.2, 0.25) is 0 Å². The molecule has 2 amide bonds. The first kappa shape index (κ1) is 19.9. The molecule has 3 aromatic rings. The van der Waals surface area contributed by atoms with Gasteiger partial charge < -0.3 is 19.9 Å². The molecule has 0 aliphatic heterocycles. The maximum atomic E-state index is 13.9. The van der Waals surface area contributed by atoms with Gasteiger partial charge in [0.15, 0.2) is 0 Å². The average Bonchev–Trinajstić information content (AvgIpc) is 3.04. The second kappa shape index (κ2) is 8.18. The zero-order valence-electron chi connectivity index (χ0n) is 16.8. The van der Waals surface area contributed by atoms with Gasteiger partial charge in [-0.2, -0.15) is 0 Å². The van der Waals surface area contributed by atoms with Gasteiger partial charge in [-0.05, 0) is 48.6 Å². The molecule has 4 rings (SSSR count). The fourth-order valence-corrected chi connectivity index (χ4v) is 4.31. The lowest BCUT2D eigenvalue weighted by Crippen LogP contribution is -2.45. The zero-order chi connectivity index (χ0) is 21.3. The molecular formula is C23H24FN3O3. The van der Waals surface area contributed by atoms with Crippen molar-refractivity contribution < 1.29 is 19.1 Å². The first-order chi connectivity index (χ1) is 14.4. The molecule has 1 aliphatic carbocycles. The maximum Gasteiger partial charge on any atom is 0.323 e. The molecule has 7 heteroatoms. The van der Waals surface area contributed by atoms with Crippen molar-refractivity contribution in [2.75, 3.05) is 7.05 Å². The minimum atomic E-state index is -0.932. The van der Waals surface area contributed by atoms with Gasteiger partial charge in [0.2, 0.25) is 0 Å². The summed E-state index contributed by atoms with van der Waals surface area (Å²) >= 11 is 0. The number of aliphatic carboxylic acids is 1. The van der Waals surface area contributed by atoms with Crippen molar-refractivity contribution in [1.29, 1.82) is 0 Å². The van der Waals surface area contributed by atoms with E-state index in [-0.39, 0.29) is 24.4 Å². The Morgan fingerprint density at radius 2 is 2.00 bits per heavy atom. The number of urea groups is 1. The molecule has 0 bridgehead atoms. The van der Waals surface area contributed by atoms with Crippen LogP contribution in [0.3, 0.4) is 0 Å². The fraction of sp³-hybridized carbons (Fsp3) is 0.304. The van der Waals surface area contributed by atoms with E-state index in [2.05, 4.69) is 5.32 Å². The van der Waals surface area contributed by atoms with E-state index in [0.29, 0.717) is 19.4 Å². The fourth-order valence-electron chi connectivity index (χ4n) is 4.31. The minimum absolute atomic E-state index is 0.0413. The molecule has 0 radical (unpaired) electrons. The first-order valence-electron chi connectivity index (χ1n) is 10.00. The Kier molecular flexibility index (Phi) is 5.44. The number of likely N-dealkylation sites (N-methyl/N-ethyl adjacent to an activating group) is 1. The van der Waals surface area contributed by atoms with Gasteiger partial charge in [0.25, 0.3) is 0 Å². The molecule has 2 aromatic carbocycles. The van der Waals surface area contributed by atoms with E-state index in [4.69, 9.17) is 0 Å². The molecule has 6 nitrogen and oxygen atoms in total. The van der Waals surface area contributed by atoms with Crippen LogP contribution in [0.4, 0.5) is 9.18 Å². The van der Waals surface area contributed by atoms with Crippen LogP contribution in [0.5, 0.6) is 0 Å². The summed E-state index contributed by atoms with van der Waals surface area (Å²) in [6.45, 7) is 0.292. The van der Waals surface area contributed by atoms with E-state index in [0.717, 1.165) is 34.1 Å². The lowest BCUT2D eigenvalue weighted by molar-refractivity contribution is -0.137. The summed E-state index contributed by atoms with van der Waals surface area (Å²) in [5.41, 5.74) is 3.61. The van der Waals surface area contributed by atoms with E-state index < -0.39 is 5.97 Å². The highest BCUT2D eigenvalue weighted by molar-refractivity contribution is 5.87. The van der Waals surface area contributed by atoms with Crippen molar-refractivity contribution in [3.05, 3.63) is 71.2 Å². The monoisotopic (exact) mass is 409 g/mol. The normalized spacial score (nSPS) is 15.6. The first-order valence-corrected chi connectivity index (χ1v) is 10.00. The lowest BCUT2D eigenvalue weighted by atomic mass is 9.90. The SMILES string of the molecule is CN(C(=O)NCc1ccccc1)[C@H]1CCc2c(c3cc(F)ccc3n2CC(=O)O)C1. The van der Waals surface area contributed by atoms with Crippen LogP contribution in [0.1, 0.15) is 23.2 Å². The van der Waals surface area contributed by atoms with Crippen LogP contribution in [-0.4, -0.2) is 39.7 Å². The van der Waals surface area contributed by atoms with Crippen LogP contribution >= 0.6 is 0 Å². The number of hydrogen-bond acceptors (Lipinski definition) is 2. The third-order valence-corrected chi connectivity index (χ3v) is 5.85. The summed E-state index contributed by atoms with van der Waals surface area (Å²) in [7, 11) is 1.77. The van der Waals surface area contributed by atoms with Gasteiger partial charge in [0.1, 0.15) is 12.4 Å². The molecule has 30 heavy (non-hydrogen) atoms. The number of carbonyl (C=O) groups is 2. The van der Waals surface area contributed by atoms with E-state index >= 15 is 0 Å². The van der Waals surface area contributed by atoms with Gasteiger partial charge in [-0.25, -0.2) is 9.18 Å². The Balaban J connectivity index is 1.55. The van der Waals surface area contributed by atoms with Crippen molar-refractivity contribution >= 4 is 22.9 Å². The third-order valence-electron chi connectivity index (χ3n) is 5.85. The number of fused-ring (bicyclic) bond motifs is 3. The predicted molar refractivity (Wildman–Crippen MR) is 112 cm³/mol. The summed E-state index contributed by atoms with van der Waals surface area (Å²) in [6.07, 6.45) is 1.93. The highest BCUT2D eigenvalue weighted by Crippen LogP contribution is 2.34. The summed E-state index contributed by atoms with van der Waals surface area (Å²) in [4.78, 5) is 25.7. The lowest BCUT2D eigenvalue weighted by Gasteiger charge is -2.32. The van der Waals surface area contributed by atoms with Crippen molar-refractivity contribution in [2.45, 2.75) is 38.4 Å². The van der Waals surface area contributed by atoms with Crippen LogP contribution < -0.4 is 5.32 Å². The van der Waals surface area contributed by atoms with Crippen molar-refractivity contribution in [3.63, 3.8) is 0 Å². The van der Waals surface area contributed by atoms with Gasteiger partial charge in [-0.3, -0.25) is 4.79 Å². The molecule has 2 N–H and O–H groups in total. The number of amides is 2. The largest absolute Gasteiger partial charge is 0.480 e. The molecule has 1 heterocycles. The summed E-state index contributed by atoms with van der Waals surface area (Å²) in [5, 5.41) is 13.0. The number of carboxylic acid groups (broad SMARTS) is 1. The van der Waals surface area contributed by atoms with Gasteiger partial charge in [0, 0.05) is 36.2 Å². The number of hydrogen-bond donors (Lipinski definition) is 2. The predicted octanol–water partition coefficient (Wildman–Crippen LogP) is 3.56. The Labute approximate surface area is 173 Å². The summed E-state index contributed by atoms with van der Waals surface area (Å²) in [5.74, 6) is -1.28. The molecular weight excluding hydrogens is 385 g/mol. The number of aromatic nitrogens is 1. The molecule has 1 atom stereocenters.